The Morgan fingerprint density at radius 1 is 1.00 bits per heavy atom. The Hall–Kier alpha value is -3.50. The number of likely N-dealkylation sites (N-methyl/N-ethyl adjacent to an activating group) is 1. The van der Waals surface area contributed by atoms with Gasteiger partial charge in [0.05, 0.1) is 11.7 Å². The predicted molar refractivity (Wildman–Crippen MR) is 148 cm³/mol. The van der Waals surface area contributed by atoms with E-state index in [9.17, 15) is 8.78 Å². The molecular formula is C29H34F2N8. The van der Waals surface area contributed by atoms with Crippen LogP contribution >= 0.6 is 0 Å². The number of benzene rings is 1. The highest BCUT2D eigenvalue weighted by molar-refractivity contribution is 5.83. The molecule has 2 unspecified atom stereocenters. The summed E-state index contributed by atoms with van der Waals surface area (Å²) in [5, 5.41) is 3.07. The molecule has 1 N–H and O–H groups in total. The fraction of sp³-hybridized carbons (Fsp3) is 0.448. The molecule has 3 atom stereocenters. The molecule has 1 aromatic carbocycles. The second-order valence-electron chi connectivity index (χ2n) is 10.9. The average molecular weight is 533 g/mol. The summed E-state index contributed by atoms with van der Waals surface area (Å²) in [5.41, 5.74) is 2.35. The van der Waals surface area contributed by atoms with Gasteiger partial charge in [-0.1, -0.05) is 13.0 Å². The quantitative estimate of drug-likeness (QED) is 0.330. The van der Waals surface area contributed by atoms with E-state index in [4.69, 9.17) is 0 Å². The highest BCUT2D eigenvalue weighted by Crippen LogP contribution is 2.36. The van der Waals surface area contributed by atoms with Crippen molar-refractivity contribution in [3.05, 3.63) is 59.7 Å². The van der Waals surface area contributed by atoms with Gasteiger partial charge in [-0.3, -0.25) is 9.80 Å². The van der Waals surface area contributed by atoms with E-state index in [1.165, 1.54) is 12.5 Å². The Balaban J connectivity index is 1.22. The van der Waals surface area contributed by atoms with Gasteiger partial charge in [0.15, 0.2) is 11.6 Å². The molecule has 3 aromatic heterocycles. The zero-order chi connectivity index (χ0) is 27.4. The lowest BCUT2D eigenvalue weighted by Gasteiger charge is -2.37. The van der Waals surface area contributed by atoms with Crippen LogP contribution in [0.15, 0.2) is 36.7 Å². The molecule has 0 spiro atoms. The predicted octanol–water partition coefficient (Wildman–Crippen LogP) is 5.64. The number of pyridine rings is 1. The first-order valence-electron chi connectivity index (χ1n) is 13.7. The average Bonchev–Trinajstić information content (AvgIpc) is 3.62. The molecule has 10 heteroatoms. The van der Waals surface area contributed by atoms with Crippen LogP contribution in [0.5, 0.6) is 0 Å². The normalized spacial score (nSPS) is 20.4. The van der Waals surface area contributed by atoms with Gasteiger partial charge < -0.3 is 9.88 Å². The number of anilines is 2. The summed E-state index contributed by atoms with van der Waals surface area (Å²) in [6.45, 7) is 13.6. The van der Waals surface area contributed by atoms with Crippen LogP contribution in [0.2, 0.25) is 0 Å². The number of hydrogen-bond donors (Lipinski definition) is 1. The van der Waals surface area contributed by atoms with Gasteiger partial charge in [-0.15, -0.1) is 0 Å². The Kier molecular flexibility index (Phi) is 6.55. The fourth-order valence-corrected chi connectivity index (χ4v) is 6.36. The standard InChI is InChI=1S/C29H34F2N8/c1-6-37-14-22-11-21(37)15-38(22)17(4)19-7-8-26(32-12-19)35-29-33-13-24(31)27(36-29)20-9-23(30)28-25(10-20)39(16(2)3)18(5)34-28/h7-10,12-13,16-17,21-22H,6,11,14-15H2,1-5H3,(H,32,33,35,36)/t17-,21?,22?/m1/s1. The van der Waals surface area contributed by atoms with Crippen LogP contribution in [0.4, 0.5) is 20.5 Å². The van der Waals surface area contributed by atoms with Gasteiger partial charge in [0, 0.05) is 49.0 Å². The second-order valence-corrected chi connectivity index (χ2v) is 10.9. The molecule has 39 heavy (non-hydrogen) atoms. The number of nitrogens with one attached hydrogen (secondary N) is 1. The lowest BCUT2D eigenvalue weighted by Crippen LogP contribution is -2.46. The van der Waals surface area contributed by atoms with Crippen molar-refractivity contribution in [2.24, 2.45) is 0 Å². The molecule has 6 rings (SSSR count). The lowest BCUT2D eigenvalue weighted by atomic mass is 10.1. The summed E-state index contributed by atoms with van der Waals surface area (Å²) in [5.74, 6) is 0.289. The van der Waals surface area contributed by atoms with E-state index >= 15 is 0 Å². The lowest BCUT2D eigenvalue weighted by molar-refractivity contribution is 0.101. The van der Waals surface area contributed by atoms with Gasteiger partial charge in [0.2, 0.25) is 5.95 Å². The van der Waals surface area contributed by atoms with Crippen molar-refractivity contribution in [1.29, 1.82) is 0 Å². The molecule has 204 valence electrons. The summed E-state index contributed by atoms with van der Waals surface area (Å²) < 4.78 is 31.8. The van der Waals surface area contributed by atoms with Crippen molar-refractivity contribution in [2.45, 2.75) is 65.2 Å². The number of halogens is 2. The van der Waals surface area contributed by atoms with E-state index in [2.05, 4.69) is 55.0 Å². The molecule has 4 aromatic rings. The van der Waals surface area contributed by atoms with Crippen LogP contribution in [0, 0.1) is 18.6 Å². The summed E-state index contributed by atoms with van der Waals surface area (Å²) in [6, 6.07) is 8.56. The van der Waals surface area contributed by atoms with Crippen LogP contribution in [0.1, 0.15) is 57.6 Å². The highest BCUT2D eigenvalue weighted by atomic mass is 19.1. The number of hydrogen-bond acceptors (Lipinski definition) is 7. The molecule has 8 nitrogen and oxygen atoms in total. The summed E-state index contributed by atoms with van der Waals surface area (Å²) in [6.07, 6.45) is 4.21. The molecule has 5 heterocycles. The summed E-state index contributed by atoms with van der Waals surface area (Å²) in [7, 11) is 0. The maximum Gasteiger partial charge on any atom is 0.229 e. The first kappa shape index (κ1) is 25.8. The van der Waals surface area contributed by atoms with Crippen molar-refractivity contribution >= 4 is 22.8 Å². The third-order valence-electron chi connectivity index (χ3n) is 8.27. The zero-order valence-electron chi connectivity index (χ0n) is 23.0. The van der Waals surface area contributed by atoms with E-state index in [1.807, 2.05) is 37.6 Å². The number of nitrogens with zero attached hydrogens (tertiary/aromatic N) is 7. The van der Waals surface area contributed by atoms with E-state index in [1.54, 1.807) is 6.07 Å². The molecule has 0 saturated carbocycles. The molecule has 2 fully saturated rings. The van der Waals surface area contributed by atoms with Gasteiger partial charge in [0.25, 0.3) is 0 Å². The smallest absolute Gasteiger partial charge is 0.229 e. The van der Waals surface area contributed by atoms with Crippen molar-refractivity contribution in [1.82, 2.24) is 34.3 Å². The largest absolute Gasteiger partial charge is 0.326 e. The first-order valence-corrected chi connectivity index (χ1v) is 13.7. The minimum Gasteiger partial charge on any atom is -0.326 e. The number of fused-ring (bicyclic) bond motifs is 3. The third-order valence-corrected chi connectivity index (χ3v) is 8.27. The van der Waals surface area contributed by atoms with Gasteiger partial charge in [-0.2, -0.15) is 0 Å². The Morgan fingerprint density at radius 2 is 1.82 bits per heavy atom. The monoisotopic (exact) mass is 532 g/mol. The number of likely N-dealkylation sites (tertiary alicyclic amines) is 2. The van der Waals surface area contributed by atoms with Crippen LogP contribution in [-0.4, -0.2) is 66.0 Å². The van der Waals surface area contributed by atoms with Crippen LogP contribution in [0.25, 0.3) is 22.3 Å². The maximum atomic E-state index is 15.0. The SMILES string of the molecule is CCN1CC2CC1CN2[C@H](C)c1ccc(Nc2ncc(F)c(-c3cc(F)c4nc(C)n(C(C)C)c4c3)n2)nc1. The molecule has 2 aliphatic rings. The fourth-order valence-electron chi connectivity index (χ4n) is 6.36. The van der Waals surface area contributed by atoms with Crippen molar-refractivity contribution in [2.75, 3.05) is 25.0 Å². The minimum atomic E-state index is -0.634. The topological polar surface area (TPSA) is 75.0 Å². The molecular weight excluding hydrogens is 498 g/mol. The van der Waals surface area contributed by atoms with E-state index < -0.39 is 11.6 Å². The van der Waals surface area contributed by atoms with Crippen molar-refractivity contribution in [3.63, 3.8) is 0 Å². The maximum absolute atomic E-state index is 15.0. The second kappa shape index (κ2) is 9.91. The van der Waals surface area contributed by atoms with Gasteiger partial charge in [0.1, 0.15) is 22.9 Å². The zero-order valence-corrected chi connectivity index (χ0v) is 23.0. The Labute approximate surface area is 227 Å². The van der Waals surface area contributed by atoms with Crippen LogP contribution < -0.4 is 5.32 Å². The highest BCUT2D eigenvalue weighted by Gasteiger charge is 2.44. The number of aryl methyl sites for hydroxylation is 1. The van der Waals surface area contributed by atoms with Crippen LogP contribution in [0.3, 0.4) is 0 Å². The van der Waals surface area contributed by atoms with Gasteiger partial charge in [-0.25, -0.2) is 28.7 Å². The molecule has 0 aliphatic carbocycles. The molecule has 0 amide bonds. The van der Waals surface area contributed by atoms with E-state index in [-0.39, 0.29) is 29.2 Å². The molecule has 2 aliphatic heterocycles. The molecule has 2 bridgehead atoms. The number of rotatable bonds is 7. The molecule has 0 radical (unpaired) electrons. The Morgan fingerprint density at radius 3 is 2.49 bits per heavy atom. The molecule has 2 saturated heterocycles. The minimum absolute atomic E-state index is 0.0120. The van der Waals surface area contributed by atoms with E-state index in [0.717, 1.165) is 31.4 Å². The van der Waals surface area contributed by atoms with E-state index in [0.29, 0.717) is 34.8 Å². The number of piperazine rings is 1. The number of aromatic nitrogens is 5. The number of imidazole rings is 1. The Bertz CT molecular complexity index is 1520. The summed E-state index contributed by atoms with van der Waals surface area (Å²) >= 11 is 0. The van der Waals surface area contributed by atoms with Gasteiger partial charge in [-0.05, 0) is 64.4 Å². The van der Waals surface area contributed by atoms with Gasteiger partial charge >= 0.3 is 0 Å². The first-order chi connectivity index (χ1) is 18.7. The third kappa shape index (κ3) is 4.55. The van der Waals surface area contributed by atoms with Crippen molar-refractivity contribution < 1.29 is 8.78 Å². The summed E-state index contributed by atoms with van der Waals surface area (Å²) in [4.78, 5) is 22.6. The van der Waals surface area contributed by atoms with Crippen LogP contribution in [-0.2, 0) is 0 Å². The van der Waals surface area contributed by atoms with Crippen molar-refractivity contribution in [3.8, 4) is 11.3 Å².